The Kier molecular flexibility index (Phi) is 8.99. The molecule has 1 rings (SSSR count). The van der Waals surface area contributed by atoms with Gasteiger partial charge in [-0.1, -0.05) is 25.5 Å². The van der Waals surface area contributed by atoms with E-state index in [0.29, 0.717) is 13.2 Å². The monoisotopic (exact) mass is 323 g/mol. The van der Waals surface area contributed by atoms with Gasteiger partial charge in [-0.2, -0.15) is 0 Å². The standard InChI is InChI=1S/C18H33N3O2/c1-6-7-11-21(4)16(14-19)15-9-8-10-17(22-5)18(15)23-13-12-20(2)3/h8-10,16H,6-7,11-14,19H2,1-5H3. The number of likely N-dealkylation sites (N-methyl/N-ethyl adjacent to an activating group) is 2. The molecule has 5 nitrogen and oxygen atoms in total. The summed E-state index contributed by atoms with van der Waals surface area (Å²) >= 11 is 0. The first-order valence-corrected chi connectivity index (χ1v) is 8.39. The zero-order chi connectivity index (χ0) is 17.2. The van der Waals surface area contributed by atoms with Crippen molar-refractivity contribution in [1.29, 1.82) is 0 Å². The zero-order valence-corrected chi connectivity index (χ0v) is 15.3. The number of para-hydroxylation sites is 1. The van der Waals surface area contributed by atoms with Crippen LogP contribution in [0, 0.1) is 0 Å². The summed E-state index contributed by atoms with van der Waals surface area (Å²) in [6.45, 7) is 5.25. The molecule has 0 aliphatic heterocycles. The average Bonchev–Trinajstić information content (AvgIpc) is 2.54. The zero-order valence-electron chi connectivity index (χ0n) is 15.3. The van der Waals surface area contributed by atoms with Gasteiger partial charge in [-0.05, 0) is 40.2 Å². The second kappa shape index (κ2) is 10.5. The SMILES string of the molecule is CCCCN(C)C(CN)c1cccc(OC)c1OCCN(C)C. The van der Waals surface area contributed by atoms with Crippen LogP contribution in [-0.4, -0.2) is 64.3 Å². The molecular formula is C18H33N3O2. The minimum atomic E-state index is 0.131. The molecule has 0 bridgehead atoms. The molecule has 0 spiro atoms. The predicted octanol–water partition coefficient (Wildman–Crippen LogP) is 2.37. The molecule has 0 aliphatic rings. The molecule has 0 radical (unpaired) electrons. The largest absolute Gasteiger partial charge is 0.493 e. The molecule has 1 unspecified atom stereocenters. The van der Waals surface area contributed by atoms with Crippen molar-refractivity contribution >= 4 is 0 Å². The third kappa shape index (κ3) is 6.01. The maximum atomic E-state index is 6.07. The molecule has 0 fully saturated rings. The number of methoxy groups -OCH3 is 1. The maximum Gasteiger partial charge on any atom is 0.166 e. The van der Waals surface area contributed by atoms with Gasteiger partial charge in [-0.15, -0.1) is 0 Å². The van der Waals surface area contributed by atoms with Crippen LogP contribution in [0.5, 0.6) is 11.5 Å². The summed E-state index contributed by atoms with van der Waals surface area (Å²) in [4.78, 5) is 4.40. The number of hydrogen-bond acceptors (Lipinski definition) is 5. The minimum absolute atomic E-state index is 0.131. The smallest absolute Gasteiger partial charge is 0.166 e. The lowest BCUT2D eigenvalue weighted by molar-refractivity contribution is 0.221. The lowest BCUT2D eigenvalue weighted by Crippen LogP contribution is -2.32. The molecule has 0 aromatic heterocycles. The molecular weight excluding hydrogens is 290 g/mol. The molecule has 23 heavy (non-hydrogen) atoms. The van der Waals surface area contributed by atoms with Gasteiger partial charge >= 0.3 is 0 Å². The van der Waals surface area contributed by atoms with Gasteiger partial charge in [-0.3, -0.25) is 4.90 Å². The van der Waals surface area contributed by atoms with E-state index in [1.807, 2.05) is 26.2 Å². The predicted molar refractivity (Wildman–Crippen MR) is 96.4 cm³/mol. The van der Waals surface area contributed by atoms with Gasteiger partial charge in [0, 0.05) is 18.7 Å². The molecule has 0 saturated heterocycles. The molecule has 2 N–H and O–H groups in total. The van der Waals surface area contributed by atoms with Crippen LogP contribution >= 0.6 is 0 Å². The van der Waals surface area contributed by atoms with E-state index < -0.39 is 0 Å². The second-order valence-corrected chi connectivity index (χ2v) is 6.12. The van der Waals surface area contributed by atoms with E-state index in [1.54, 1.807) is 7.11 Å². The average molecular weight is 323 g/mol. The Morgan fingerprint density at radius 2 is 1.91 bits per heavy atom. The Labute approximate surface area is 141 Å². The van der Waals surface area contributed by atoms with Crippen LogP contribution in [0.2, 0.25) is 0 Å². The van der Waals surface area contributed by atoms with Gasteiger partial charge in [0.05, 0.1) is 13.2 Å². The number of unbranched alkanes of at least 4 members (excludes halogenated alkanes) is 1. The highest BCUT2D eigenvalue weighted by Crippen LogP contribution is 2.36. The summed E-state index contributed by atoms with van der Waals surface area (Å²) in [5, 5.41) is 0. The summed E-state index contributed by atoms with van der Waals surface area (Å²) in [6, 6.07) is 6.16. The fourth-order valence-electron chi connectivity index (χ4n) is 2.55. The lowest BCUT2D eigenvalue weighted by Gasteiger charge is -2.29. The highest BCUT2D eigenvalue weighted by molar-refractivity contribution is 5.48. The molecule has 0 aliphatic carbocycles. The van der Waals surface area contributed by atoms with Crippen LogP contribution in [0.1, 0.15) is 31.4 Å². The maximum absolute atomic E-state index is 6.07. The first-order chi connectivity index (χ1) is 11.0. The lowest BCUT2D eigenvalue weighted by atomic mass is 10.0. The molecule has 5 heteroatoms. The van der Waals surface area contributed by atoms with Crippen molar-refractivity contribution in [1.82, 2.24) is 9.80 Å². The number of ether oxygens (including phenoxy) is 2. The fraction of sp³-hybridized carbons (Fsp3) is 0.667. The van der Waals surface area contributed by atoms with Crippen molar-refractivity contribution in [2.45, 2.75) is 25.8 Å². The van der Waals surface area contributed by atoms with Crippen LogP contribution in [-0.2, 0) is 0 Å². The van der Waals surface area contributed by atoms with Crippen LogP contribution in [0.3, 0.4) is 0 Å². The van der Waals surface area contributed by atoms with Gasteiger partial charge in [0.25, 0.3) is 0 Å². The summed E-state index contributed by atoms with van der Waals surface area (Å²) in [5.74, 6) is 1.58. The van der Waals surface area contributed by atoms with E-state index in [0.717, 1.165) is 36.6 Å². The van der Waals surface area contributed by atoms with Crippen LogP contribution in [0.4, 0.5) is 0 Å². The van der Waals surface area contributed by atoms with Crippen LogP contribution in [0.25, 0.3) is 0 Å². The third-order valence-electron chi connectivity index (χ3n) is 3.99. The number of hydrogen-bond donors (Lipinski definition) is 1. The molecule has 1 aromatic carbocycles. The Morgan fingerprint density at radius 3 is 2.48 bits per heavy atom. The molecule has 1 aromatic rings. The molecule has 0 heterocycles. The van der Waals surface area contributed by atoms with Crippen LogP contribution < -0.4 is 15.2 Å². The van der Waals surface area contributed by atoms with E-state index in [9.17, 15) is 0 Å². The number of nitrogens with zero attached hydrogens (tertiary/aromatic N) is 2. The van der Waals surface area contributed by atoms with Crippen molar-refractivity contribution < 1.29 is 9.47 Å². The number of benzene rings is 1. The van der Waals surface area contributed by atoms with Gasteiger partial charge in [-0.25, -0.2) is 0 Å². The van der Waals surface area contributed by atoms with Crippen LogP contribution in [0.15, 0.2) is 18.2 Å². The fourth-order valence-corrected chi connectivity index (χ4v) is 2.55. The highest BCUT2D eigenvalue weighted by atomic mass is 16.5. The molecule has 0 amide bonds. The Bertz CT molecular complexity index is 452. The first-order valence-electron chi connectivity index (χ1n) is 8.39. The Balaban J connectivity index is 3.01. The van der Waals surface area contributed by atoms with E-state index in [-0.39, 0.29) is 6.04 Å². The van der Waals surface area contributed by atoms with E-state index in [2.05, 4.69) is 29.8 Å². The minimum Gasteiger partial charge on any atom is -0.493 e. The van der Waals surface area contributed by atoms with Crippen molar-refractivity contribution in [2.24, 2.45) is 5.73 Å². The van der Waals surface area contributed by atoms with Gasteiger partial charge < -0.3 is 20.1 Å². The van der Waals surface area contributed by atoms with E-state index in [1.165, 1.54) is 6.42 Å². The number of rotatable bonds is 11. The molecule has 1 atom stereocenters. The van der Waals surface area contributed by atoms with Crippen molar-refractivity contribution in [2.75, 3.05) is 54.5 Å². The quantitative estimate of drug-likeness (QED) is 0.677. The second-order valence-electron chi connectivity index (χ2n) is 6.12. The summed E-state index contributed by atoms with van der Waals surface area (Å²) in [7, 11) is 7.87. The van der Waals surface area contributed by atoms with Gasteiger partial charge in [0.1, 0.15) is 6.61 Å². The van der Waals surface area contributed by atoms with Crippen molar-refractivity contribution in [3.05, 3.63) is 23.8 Å². The molecule has 132 valence electrons. The summed E-state index contributed by atoms with van der Waals surface area (Å²) in [6.07, 6.45) is 2.33. The van der Waals surface area contributed by atoms with Gasteiger partial charge in [0.15, 0.2) is 11.5 Å². The third-order valence-corrected chi connectivity index (χ3v) is 3.99. The normalized spacial score (nSPS) is 12.7. The highest BCUT2D eigenvalue weighted by Gasteiger charge is 2.22. The van der Waals surface area contributed by atoms with Gasteiger partial charge in [0.2, 0.25) is 0 Å². The summed E-state index contributed by atoms with van der Waals surface area (Å²) in [5.41, 5.74) is 7.17. The molecule has 0 saturated carbocycles. The topological polar surface area (TPSA) is 51.0 Å². The van der Waals surface area contributed by atoms with E-state index in [4.69, 9.17) is 15.2 Å². The Hall–Kier alpha value is -1.30. The van der Waals surface area contributed by atoms with Crippen molar-refractivity contribution in [3.63, 3.8) is 0 Å². The first kappa shape index (κ1) is 19.7. The Morgan fingerprint density at radius 1 is 1.17 bits per heavy atom. The summed E-state index contributed by atoms with van der Waals surface area (Å²) < 4.78 is 11.6. The number of nitrogens with two attached hydrogens (primary N) is 1. The van der Waals surface area contributed by atoms with E-state index >= 15 is 0 Å². The van der Waals surface area contributed by atoms with Crippen molar-refractivity contribution in [3.8, 4) is 11.5 Å².